The summed E-state index contributed by atoms with van der Waals surface area (Å²) in [4.78, 5) is 35.0. The molecule has 6 heteroatoms. The first-order valence-corrected chi connectivity index (χ1v) is 9.51. The third kappa shape index (κ3) is 2.78. The Morgan fingerprint density at radius 3 is 2.75 bits per heavy atom. The molecule has 0 atom stereocenters. The van der Waals surface area contributed by atoms with Gasteiger partial charge in [-0.2, -0.15) is 0 Å². The van der Waals surface area contributed by atoms with Crippen LogP contribution in [0.25, 0.3) is 21.9 Å². The van der Waals surface area contributed by atoms with E-state index in [2.05, 4.69) is 22.1 Å². The van der Waals surface area contributed by atoms with Crippen molar-refractivity contribution in [3.05, 3.63) is 76.3 Å². The van der Waals surface area contributed by atoms with Gasteiger partial charge in [0.15, 0.2) is 0 Å². The lowest BCUT2D eigenvalue weighted by molar-refractivity contribution is -0.132. The standard InChI is InChI=1S/C22H20N4O2/c27-19(25-11-9-15-5-1-2-6-16(15)13-25)10-12-26-14-23-20-17-7-3-4-8-18(17)24-21(20)22(26)28/h1-8,14,24H,9-13H2. The second-order valence-corrected chi connectivity index (χ2v) is 7.22. The number of aryl methyl sites for hydroxylation is 1. The van der Waals surface area contributed by atoms with Crippen LogP contribution in [0.4, 0.5) is 0 Å². The van der Waals surface area contributed by atoms with E-state index >= 15 is 0 Å². The summed E-state index contributed by atoms with van der Waals surface area (Å²) < 4.78 is 1.52. The van der Waals surface area contributed by atoms with Gasteiger partial charge < -0.3 is 9.88 Å². The van der Waals surface area contributed by atoms with Crippen molar-refractivity contribution in [1.29, 1.82) is 0 Å². The van der Waals surface area contributed by atoms with Crippen molar-refractivity contribution in [2.45, 2.75) is 25.9 Å². The lowest BCUT2D eigenvalue weighted by atomic mass is 10.00. The quantitative estimate of drug-likeness (QED) is 0.601. The zero-order chi connectivity index (χ0) is 19.1. The van der Waals surface area contributed by atoms with Crippen molar-refractivity contribution in [2.24, 2.45) is 0 Å². The molecule has 5 rings (SSSR count). The molecule has 0 spiro atoms. The number of para-hydroxylation sites is 1. The number of fused-ring (bicyclic) bond motifs is 4. The van der Waals surface area contributed by atoms with Crippen LogP contribution in [0.3, 0.4) is 0 Å². The molecule has 2 aromatic heterocycles. The fraction of sp³-hybridized carbons (Fsp3) is 0.227. The molecular weight excluding hydrogens is 352 g/mol. The van der Waals surface area contributed by atoms with Crippen molar-refractivity contribution in [2.75, 3.05) is 6.54 Å². The summed E-state index contributed by atoms with van der Waals surface area (Å²) in [6.45, 7) is 1.70. The lowest BCUT2D eigenvalue weighted by Crippen LogP contribution is -2.36. The Morgan fingerprint density at radius 2 is 1.86 bits per heavy atom. The average molecular weight is 372 g/mol. The second kappa shape index (κ2) is 6.64. The number of hydrogen-bond donors (Lipinski definition) is 1. The van der Waals surface area contributed by atoms with E-state index in [1.165, 1.54) is 15.7 Å². The van der Waals surface area contributed by atoms with Crippen LogP contribution in [-0.4, -0.2) is 31.9 Å². The Labute approximate surface area is 161 Å². The topological polar surface area (TPSA) is 71.0 Å². The summed E-state index contributed by atoms with van der Waals surface area (Å²) in [6, 6.07) is 16.0. The number of benzene rings is 2. The second-order valence-electron chi connectivity index (χ2n) is 7.22. The average Bonchev–Trinajstić information content (AvgIpc) is 3.12. The van der Waals surface area contributed by atoms with Crippen LogP contribution < -0.4 is 5.56 Å². The van der Waals surface area contributed by atoms with E-state index in [4.69, 9.17) is 0 Å². The first-order chi connectivity index (χ1) is 13.7. The van der Waals surface area contributed by atoms with Gasteiger partial charge in [0.1, 0.15) is 11.0 Å². The van der Waals surface area contributed by atoms with E-state index in [0.717, 1.165) is 23.9 Å². The molecule has 1 aliphatic rings. The molecule has 0 unspecified atom stereocenters. The number of nitrogens with zero attached hydrogens (tertiary/aromatic N) is 3. The molecule has 0 bridgehead atoms. The summed E-state index contributed by atoms with van der Waals surface area (Å²) in [7, 11) is 0. The zero-order valence-electron chi connectivity index (χ0n) is 15.4. The van der Waals surface area contributed by atoms with Gasteiger partial charge in [-0.3, -0.25) is 14.2 Å². The monoisotopic (exact) mass is 372 g/mol. The Morgan fingerprint density at radius 1 is 1.07 bits per heavy atom. The molecule has 1 N–H and O–H groups in total. The zero-order valence-corrected chi connectivity index (χ0v) is 15.4. The summed E-state index contributed by atoms with van der Waals surface area (Å²) >= 11 is 0. The van der Waals surface area contributed by atoms with Crippen LogP contribution in [0.15, 0.2) is 59.7 Å². The molecule has 2 aromatic carbocycles. The summed E-state index contributed by atoms with van der Waals surface area (Å²) in [5.41, 5.74) is 4.44. The van der Waals surface area contributed by atoms with Crippen LogP contribution in [-0.2, 0) is 24.3 Å². The van der Waals surface area contributed by atoms with E-state index in [1.54, 1.807) is 6.33 Å². The number of rotatable bonds is 3. The normalized spacial score (nSPS) is 13.8. The summed E-state index contributed by atoms with van der Waals surface area (Å²) in [6.07, 6.45) is 2.71. The number of amides is 1. The number of hydrogen-bond acceptors (Lipinski definition) is 3. The number of H-pyrrole nitrogens is 1. The lowest BCUT2D eigenvalue weighted by Gasteiger charge is -2.29. The molecule has 0 saturated carbocycles. The first kappa shape index (κ1) is 16.7. The van der Waals surface area contributed by atoms with Crippen molar-refractivity contribution >= 4 is 27.8 Å². The van der Waals surface area contributed by atoms with E-state index in [0.29, 0.717) is 24.1 Å². The maximum Gasteiger partial charge on any atom is 0.277 e. The van der Waals surface area contributed by atoms with Gasteiger partial charge in [-0.15, -0.1) is 0 Å². The number of aromatic nitrogens is 3. The highest BCUT2D eigenvalue weighted by Crippen LogP contribution is 2.21. The van der Waals surface area contributed by atoms with Crippen LogP contribution in [0.1, 0.15) is 17.5 Å². The van der Waals surface area contributed by atoms with Crippen molar-refractivity contribution in [1.82, 2.24) is 19.4 Å². The first-order valence-electron chi connectivity index (χ1n) is 9.51. The van der Waals surface area contributed by atoms with Crippen molar-refractivity contribution in [3.8, 4) is 0 Å². The van der Waals surface area contributed by atoms with Gasteiger partial charge in [0.2, 0.25) is 5.91 Å². The van der Waals surface area contributed by atoms with E-state index < -0.39 is 0 Å². The minimum atomic E-state index is -0.141. The molecule has 140 valence electrons. The molecule has 1 amide bonds. The van der Waals surface area contributed by atoms with Crippen molar-refractivity contribution < 1.29 is 4.79 Å². The Bertz CT molecular complexity index is 1250. The van der Waals surface area contributed by atoms with Gasteiger partial charge in [-0.1, -0.05) is 42.5 Å². The highest BCUT2D eigenvalue weighted by Gasteiger charge is 2.20. The van der Waals surface area contributed by atoms with Crippen LogP contribution >= 0.6 is 0 Å². The maximum absolute atomic E-state index is 12.8. The molecule has 1 aliphatic heterocycles. The number of aromatic amines is 1. The molecular formula is C22H20N4O2. The minimum absolute atomic E-state index is 0.0677. The van der Waals surface area contributed by atoms with Gasteiger partial charge in [0.25, 0.3) is 5.56 Å². The van der Waals surface area contributed by atoms with Gasteiger partial charge in [-0.25, -0.2) is 4.98 Å². The number of carbonyl (C=O) groups is 1. The molecule has 0 fully saturated rings. The van der Waals surface area contributed by atoms with E-state index in [9.17, 15) is 9.59 Å². The highest BCUT2D eigenvalue weighted by atomic mass is 16.2. The maximum atomic E-state index is 12.8. The Hall–Kier alpha value is -3.41. The molecule has 0 aliphatic carbocycles. The minimum Gasteiger partial charge on any atom is -0.349 e. The predicted molar refractivity (Wildman–Crippen MR) is 108 cm³/mol. The molecule has 0 radical (unpaired) electrons. The Balaban J connectivity index is 1.35. The third-order valence-corrected chi connectivity index (χ3v) is 5.53. The molecule has 6 nitrogen and oxygen atoms in total. The smallest absolute Gasteiger partial charge is 0.277 e. The van der Waals surface area contributed by atoms with Crippen LogP contribution in [0.2, 0.25) is 0 Å². The largest absolute Gasteiger partial charge is 0.349 e. The fourth-order valence-electron chi connectivity index (χ4n) is 3.98. The molecule has 3 heterocycles. The van der Waals surface area contributed by atoms with Crippen molar-refractivity contribution in [3.63, 3.8) is 0 Å². The molecule has 4 aromatic rings. The van der Waals surface area contributed by atoms with Crippen LogP contribution in [0.5, 0.6) is 0 Å². The number of nitrogens with one attached hydrogen (secondary N) is 1. The van der Waals surface area contributed by atoms with E-state index in [1.807, 2.05) is 41.3 Å². The molecule has 0 saturated heterocycles. The van der Waals surface area contributed by atoms with Gasteiger partial charge >= 0.3 is 0 Å². The predicted octanol–water partition coefficient (Wildman–Crippen LogP) is 2.85. The SMILES string of the molecule is O=C(CCn1cnc2c([nH]c3ccccc32)c1=O)N1CCc2ccccc2C1. The summed E-state index contributed by atoms with van der Waals surface area (Å²) in [5, 5.41) is 0.935. The van der Waals surface area contributed by atoms with E-state index in [-0.39, 0.29) is 17.9 Å². The fourth-order valence-corrected chi connectivity index (χ4v) is 3.98. The highest BCUT2D eigenvalue weighted by molar-refractivity contribution is 6.04. The molecule has 28 heavy (non-hydrogen) atoms. The number of carbonyl (C=O) groups excluding carboxylic acids is 1. The van der Waals surface area contributed by atoms with Gasteiger partial charge in [-0.05, 0) is 23.6 Å². The van der Waals surface area contributed by atoms with Crippen LogP contribution in [0, 0.1) is 0 Å². The summed E-state index contributed by atoms with van der Waals surface area (Å²) in [5.74, 6) is 0.0677. The van der Waals surface area contributed by atoms with Gasteiger partial charge in [0, 0.05) is 37.0 Å². The third-order valence-electron chi connectivity index (χ3n) is 5.53. The van der Waals surface area contributed by atoms with Gasteiger partial charge in [0.05, 0.1) is 6.33 Å². The Kier molecular flexibility index (Phi) is 3.97.